The SMILES string of the molecule is CCCCOCCCNCc1cc(Cl)c(OCc2ccccc2F)c(OCC)c1.Cl. The molecule has 7 heteroatoms. The molecule has 0 amide bonds. The molecule has 168 valence electrons. The minimum atomic E-state index is -0.305. The van der Waals surface area contributed by atoms with Gasteiger partial charge in [-0.1, -0.05) is 43.1 Å². The van der Waals surface area contributed by atoms with Crippen LogP contribution in [0, 0.1) is 5.82 Å². The number of halogens is 3. The lowest BCUT2D eigenvalue weighted by Gasteiger charge is -2.16. The van der Waals surface area contributed by atoms with Crippen molar-refractivity contribution in [1.82, 2.24) is 5.32 Å². The number of rotatable bonds is 14. The molecule has 30 heavy (non-hydrogen) atoms. The molecule has 0 heterocycles. The van der Waals surface area contributed by atoms with Gasteiger partial charge in [0.25, 0.3) is 0 Å². The van der Waals surface area contributed by atoms with Gasteiger partial charge >= 0.3 is 0 Å². The third-order valence-corrected chi connectivity index (χ3v) is 4.59. The van der Waals surface area contributed by atoms with Crippen molar-refractivity contribution in [3.8, 4) is 11.5 Å². The number of hydrogen-bond acceptors (Lipinski definition) is 4. The van der Waals surface area contributed by atoms with Gasteiger partial charge in [0.15, 0.2) is 11.5 Å². The highest BCUT2D eigenvalue weighted by atomic mass is 35.5. The minimum absolute atomic E-state index is 0. The van der Waals surface area contributed by atoms with Crippen molar-refractivity contribution >= 4 is 24.0 Å². The van der Waals surface area contributed by atoms with Gasteiger partial charge in [-0.15, -0.1) is 12.4 Å². The standard InChI is InChI=1S/C23H31ClFNO3.ClH/c1-3-5-12-27-13-8-11-26-16-18-14-20(24)23(22(15-18)28-4-2)29-17-19-9-6-7-10-21(19)25;/h6-7,9-10,14-15,26H,3-5,8,11-13,16-17H2,1-2H3;1H. The summed E-state index contributed by atoms with van der Waals surface area (Å²) < 4.78 is 30.9. The van der Waals surface area contributed by atoms with Crippen LogP contribution in [0.15, 0.2) is 36.4 Å². The van der Waals surface area contributed by atoms with E-state index >= 15 is 0 Å². The summed E-state index contributed by atoms with van der Waals surface area (Å²) in [5, 5.41) is 3.84. The van der Waals surface area contributed by atoms with Crippen molar-refractivity contribution < 1.29 is 18.6 Å². The Morgan fingerprint density at radius 3 is 2.53 bits per heavy atom. The van der Waals surface area contributed by atoms with Crippen LogP contribution >= 0.6 is 24.0 Å². The van der Waals surface area contributed by atoms with E-state index in [0.717, 1.165) is 44.6 Å². The quantitative estimate of drug-likeness (QED) is 0.342. The zero-order valence-electron chi connectivity index (χ0n) is 17.7. The summed E-state index contributed by atoms with van der Waals surface area (Å²) in [5.74, 6) is 0.696. The summed E-state index contributed by atoms with van der Waals surface area (Å²) in [6.07, 6.45) is 3.22. The first kappa shape index (κ1) is 26.5. The van der Waals surface area contributed by atoms with Crippen molar-refractivity contribution in [3.05, 3.63) is 58.4 Å². The van der Waals surface area contributed by atoms with Crippen LogP contribution in [-0.4, -0.2) is 26.4 Å². The molecule has 0 spiro atoms. The van der Waals surface area contributed by atoms with Gasteiger partial charge in [-0.3, -0.25) is 0 Å². The van der Waals surface area contributed by atoms with Gasteiger partial charge < -0.3 is 19.5 Å². The van der Waals surface area contributed by atoms with E-state index in [2.05, 4.69) is 12.2 Å². The minimum Gasteiger partial charge on any atom is -0.490 e. The maximum atomic E-state index is 13.8. The molecule has 2 rings (SSSR count). The Kier molecular flexibility index (Phi) is 13.5. The van der Waals surface area contributed by atoms with E-state index in [1.54, 1.807) is 18.2 Å². The van der Waals surface area contributed by atoms with Gasteiger partial charge in [0, 0.05) is 25.3 Å². The molecule has 0 saturated heterocycles. The first-order valence-electron chi connectivity index (χ1n) is 10.3. The third kappa shape index (κ3) is 9.09. The lowest BCUT2D eigenvalue weighted by atomic mass is 10.2. The number of nitrogens with one attached hydrogen (secondary N) is 1. The predicted molar refractivity (Wildman–Crippen MR) is 123 cm³/mol. The second-order valence-electron chi connectivity index (χ2n) is 6.71. The summed E-state index contributed by atoms with van der Waals surface area (Å²) in [6, 6.07) is 10.3. The molecule has 0 aliphatic rings. The van der Waals surface area contributed by atoms with Crippen LogP contribution in [0.1, 0.15) is 44.2 Å². The molecule has 1 N–H and O–H groups in total. The van der Waals surface area contributed by atoms with Crippen molar-refractivity contribution in [1.29, 1.82) is 0 Å². The molecule has 0 unspecified atom stereocenters. The number of unbranched alkanes of at least 4 members (excludes halogenated alkanes) is 1. The molecular formula is C23H32Cl2FNO3. The van der Waals surface area contributed by atoms with Crippen LogP contribution in [0.25, 0.3) is 0 Å². The average Bonchev–Trinajstić information content (AvgIpc) is 2.71. The molecule has 2 aromatic rings. The monoisotopic (exact) mass is 459 g/mol. The van der Waals surface area contributed by atoms with Crippen LogP contribution in [-0.2, 0) is 17.9 Å². The van der Waals surface area contributed by atoms with Crippen molar-refractivity contribution in [2.45, 2.75) is 46.3 Å². The Bertz CT molecular complexity index is 746. The molecule has 0 aromatic heterocycles. The molecule has 0 aliphatic heterocycles. The van der Waals surface area contributed by atoms with Gasteiger partial charge in [-0.25, -0.2) is 4.39 Å². The average molecular weight is 460 g/mol. The van der Waals surface area contributed by atoms with Crippen molar-refractivity contribution in [2.24, 2.45) is 0 Å². The molecule has 0 aliphatic carbocycles. The van der Waals surface area contributed by atoms with E-state index in [-0.39, 0.29) is 24.8 Å². The van der Waals surface area contributed by atoms with E-state index < -0.39 is 0 Å². The van der Waals surface area contributed by atoms with Crippen molar-refractivity contribution in [3.63, 3.8) is 0 Å². The molecule has 0 saturated carbocycles. The lowest BCUT2D eigenvalue weighted by molar-refractivity contribution is 0.129. The summed E-state index contributed by atoms with van der Waals surface area (Å²) in [6.45, 7) is 7.75. The predicted octanol–water partition coefficient (Wildman–Crippen LogP) is 6.18. The van der Waals surface area contributed by atoms with E-state index in [0.29, 0.717) is 35.2 Å². The molecule has 0 radical (unpaired) electrons. The van der Waals surface area contributed by atoms with Crippen LogP contribution in [0.5, 0.6) is 11.5 Å². The Hall–Kier alpha value is -1.53. The highest BCUT2D eigenvalue weighted by Crippen LogP contribution is 2.37. The van der Waals surface area contributed by atoms with Gasteiger partial charge in [-0.2, -0.15) is 0 Å². The zero-order chi connectivity index (χ0) is 20.9. The molecular weight excluding hydrogens is 428 g/mol. The fourth-order valence-corrected chi connectivity index (χ4v) is 3.06. The van der Waals surface area contributed by atoms with E-state index in [9.17, 15) is 4.39 Å². The molecule has 0 bridgehead atoms. The normalized spacial score (nSPS) is 10.5. The number of ether oxygens (including phenoxy) is 3. The van der Waals surface area contributed by atoms with Crippen LogP contribution in [0.4, 0.5) is 4.39 Å². The fourth-order valence-electron chi connectivity index (χ4n) is 2.77. The molecule has 4 nitrogen and oxygen atoms in total. The Labute approximate surface area is 190 Å². The van der Waals surface area contributed by atoms with E-state index in [4.69, 9.17) is 25.8 Å². The highest BCUT2D eigenvalue weighted by Gasteiger charge is 2.14. The Morgan fingerprint density at radius 2 is 1.80 bits per heavy atom. The van der Waals surface area contributed by atoms with Gasteiger partial charge in [0.1, 0.15) is 12.4 Å². The first-order valence-corrected chi connectivity index (χ1v) is 10.6. The van der Waals surface area contributed by atoms with Crippen LogP contribution < -0.4 is 14.8 Å². The zero-order valence-corrected chi connectivity index (χ0v) is 19.3. The van der Waals surface area contributed by atoms with Crippen molar-refractivity contribution in [2.75, 3.05) is 26.4 Å². The first-order chi connectivity index (χ1) is 14.2. The third-order valence-electron chi connectivity index (χ3n) is 4.31. The maximum absolute atomic E-state index is 13.8. The van der Waals surface area contributed by atoms with Gasteiger partial charge in [-0.05, 0) is 50.1 Å². The lowest BCUT2D eigenvalue weighted by Crippen LogP contribution is -2.16. The Balaban J connectivity index is 0.00000450. The molecule has 0 fully saturated rings. The summed E-state index contributed by atoms with van der Waals surface area (Å²) in [4.78, 5) is 0. The largest absolute Gasteiger partial charge is 0.490 e. The second-order valence-corrected chi connectivity index (χ2v) is 7.12. The van der Waals surface area contributed by atoms with E-state index in [1.807, 2.05) is 19.1 Å². The van der Waals surface area contributed by atoms with Crippen LogP contribution in [0.2, 0.25) is 5.02 Å². The Morgan fingerprint density at radius 1 is 1.03 bits per heavy atom. The summed E-state index contributed by atoms with van der Waals surface area (Å²) in [5.41, 5.74) is 1.47. The highest BCUT2D eigenvalue weighted by molar-refractivity contribution is 6.32. The summed E-state index contributed by atoms with van der Waals surface area (Å²) in [7, 11) is 0. The van der Waals surface area contributed by atoms with Gasteiger partial charge in [0.05, 0.1) is 11.6 Å². The van der Waals surface area contributed by atoms with Gasteiger partial charge in [0.2, 0.25) is 0 Å². The number of hydrogen-bond donors (Lipinski definition) is 1. The van der Waals surface area contributed by atoms with Crippen LogP contribution in [0.3, 0.4) is 0 Å². The van der Waals surface area contributed by atoms with E-state index in [1.165, 1.54) is 6.07 Å². The topological polar surface area (TPSA) is 39.7 Å². The number of benzene rings is 2. The molecule has 0 atom stereocenters. The summed E-state index contributed by atoms with van der Waals surface area (Å²) >= 11 is 6.44. The maximum Gasteiger partial charge on any atom is 0.180 e. The molecule has 2 aromatic carbocycles. The fraction of sp³-hybridized carbons (Fsp3) is 0.478. The second kappa shape index (κ2) is 15.3. The smallest absolute Gasteiger partial charge is 0.180 e.